The number of benzene rings is 4. The molecule has 4 aromatic carbocycles. The smallest absolute Gasteiger partial charge is 0.294 e. The summed E-state index contributed by atoms with van der Waals surface area (Å²) in [6, 6.07) is 22.0. The molecular formula is C27H27N5O6S. The van der Waals surface area contributed by atoms with Crippen LogP contribution in [0, 0.1) is 6.92 Å². The third-order valence-corrected chi connectivity index (χ3v) is 6.62. The average molecular weight is 550 g/mol. The number of aromatic hydroxyl groups is 2. The topological polar surface area (TPSA) is 167 Å². The predicted octanol–water partition coefficient (Wildman–Crippen LogP) is 5.63. The number of nitrogens with one attached hydrogen (secondary N) is 2. The normalized spacial score (nSPS) is 12.3. The van der Waals surface area contributed by atoms with Crippen LogP contribution in [0.1, 0.15) is 17.4 Å². The quantitative estimate of drug-likeness (QED) is 0.0670. The monoisotopic (exact) mass is 549 g/mol. The molecule has 0 aliphatic heterocycles. The highest BCUT2D eigenvalue weighted by molar-refractivity contribution is 7.85. The summed E-state index contributed by atoms with van der Waals surface area (Å²) in [5.74, 6) is -0.102. The van der Waals surface area contributed by atoms with E-state index >= 15 is 0 Å². The van der Waals surface area contributed by atoms with Crippen LogP contribution in [-0.4, -0.2) is 35.3 Å². The van der Waals surface area contributed by atoms with E-state index in [1.807, 2.05) is 13.0 Å². The first-order valence-corrected chi connectivity index (χ1v) is 13.1. The van der Waals surface area contributed by atoms with Crippen molar-refractivity contribution in [1.29, 1.82) is 0 Å². The van der Waals surface area contributed by atoms with Crippen molar-refractivity contribution in [2.75, 3.05) is 22.8 Å². The van der Waals surface area contributed by atoms with Crippen LogP contribution in [0.2, 0.25) is 0 Å². The molecular weight excluding hydrogens is 522 g/mol. The van der Waals surface area contributed by atoms with Gasteiger partial charge in [0.2, 0.25) is 0 Å². The van der Waals surface area contributed by atoms with E-state index in [0.29, 0.717) is 28.3 Å². The van der Waals surface area contributed by atoms with Gasteiger partial charge in [-0.2, -0.15) is 18.6 Å². The van der Waals surface area contributed by atoms with E-state index < -0.39 is 16.3 Å². The molecule has 0 saturated carbocycles. The van der Waals surface area contributed by atoms with E-state index in [1.54, 1.807) is 54.5 Å². The van der Waals surface area contributed by atoms with E-state index in [4.69, 9.17) is 4.55 Å². The highest BCUT2D eigenvalue weighted by atomic mass is 32.2. The first-order valence-electron chi connectivity index (χ1n) is 11.7. The van der Waals surface area contributed by atoms with Gasteiger partial charge in [0.15, 0.2) is 6.23 Å². The lowest BCUT2D eigenvalue weighted by molar-refractivity contribution is 0.208. The molecule has 0 aromatic heterocycles. The lowest BCUT2D eigenvalue weighted by atomic mass is 10.1. The Balaban J connectivity index is 1.37. The van der Waals surface area contributed by atoms with Crippen molar-refractivity contribution in [2.24, 2.45) is 10.2 Å². The second kappa shape index (κ2) is 11.4. The zero-order valence-electron chi connectivity index (χ0n) is 21.0. The second-order valence-electron chi connectivity index (χ2n) is 8.68. The molecule has 0 bridgehead atoms. The Hall–Kier alpha value is -4.65. The van der Waals surface area contributed by atoms with Crippen LogP contribution in [-0.2, 0) is 10.1 Å². The molecule has 0 heterocycles. The number of aryl methyl sites for hydroxylation is 1. The summed E-state index contributed by atoms with van der Waals surface area (Å²) in [5, 5.41) is 43.1. The number of azo groups is 1. The number of rotatable bonds is 9. The zero-order valence-corrected chi connectivity index (χ0v) is 21.8. The maximum absolute atomic E-state index is 11.1. The van der Waals surface area contributed by atoms with E-state index in [2.05, 4.69) is 21.0 Å². The fourth-order valence-corrected chi connectivity index (χ4v) is 4.16. The highest BCUT2D eigenvalue weighted by Gasteiger charge is 2.11. The number of hydrogen-bond donors (Lipinski definition) is 6. The minimum atomic E-state index is -4.27. The molecule has 0 fully saturated rings. The van der Waals surface area contributed by atoms with Gasteiger partial charge in [0.05, 0.1) is 27.6 Å². The molecule has 12 heteroatoms. The van der Waals surface area contributed by atoms with Crippen molar-refractivity contribution in [2.45, 2.75) is 18.0 Å². The Labute approximate surface area is 225 Å². The first kappa shape index (κ1) is 27.4. The fraction of sp³-hybridized carbons (Fsp3) is 0.111. The van der Waals surface area contributed by atoms with Gasteiger partial charge in [0, 0.05) is 24.4 Å². The largest absolute Gasteiger partial charge is 0.508 e. The number of aliphatic hydroxyl groups is 1. The van der Waals surface area contributed by atoms with Crippen LogP contribution in [0.15, 0.2) is 100 Å². The van der Waals surface area contributed by atoms with Gasteiger partial charge >= 0.3 is 0 Å². The standard InChI is InChI=1S/C27H27N5O6S/c1-17-15-21(9-13-24(17)30-29-19-7-11-23(12-8-19)39(36,37)38)28-27(35)18-3-5-20(6-4-18)31-32(2)25-14-10-22(33)16-26(25)34/h3-16,27-28,31,33-35H,1-2H3,(H,36,37,38). The van der Waals surface area contributed by atoms with Gasteiger partial charge in [-0.3, -0.25) is 15.0 Å². The number of aliphatic hydroxyl groups excluding tert-OH is 1. The number of hydrogen-bond acceptors (Lipinski definition) is 10. The predicted molar refractivity (Wildman–Crippen MR) is 148 cm³/mol. The van der Waals surface area contributed by atoms with Crippen molar-refractivity contribution < 1.29 is 28.3 Å². The van der Waals surface area contributed by atoms with Gasteiger partial charge < -0.3 is 20.6 Å². The fourth-order valence-electron chi connectivity index (χ4n) is 3.68. The van der Waals surface area contributed by atoms with Gasteiger partial charge in [0.25, 0.3) is 10.1 Å². The molecule has 0 spiro atoms. The van der Waals surface area contributed by atoms with Crippen molar-refractivity contribution in [3.63, 3.8) is 0 Å². The van der Waals surface area contributed by atoms with Crippen LogP contribution < -0.4 is 15.8 Å². The van der Waals surface area contributed by atoms with Gasteiger partial charge in [-0.25, -0.2) is 0 Å². The van der Waals surface area contributed by atoms with Crippen molar-refractivity contribution >= 4 is 38.6 Å². The Morgan fingerprint density at radius 2 is 1.51 bits per heavy atom. The molecule has 0 aliphatic carbocycles. The summed E-state index contributed by atoms with van der Waals surface area (Å²) in [4.78, 5) is -0.223. The maximum Gasteiger partial charge on any atom is 0.294 e. The van der Waals surface area contributed by atoms with E-state index in [1.165, 1.54) is 36.4 Å². The Morgan fingerprint density at radius 3 is 2.13 bits per heavy atom. The Bertz CT molecular complexity index is 1590. The summed E-state index contributed by atoms with van der Waals surface area (Å²) in [5.41, 5.74) is 7.42. The molecule has 39 heavy (non-hydrogen) atoms. The molecule has 6 N–H and O–H groups in total. The van der Waals surface area contributed by atoms with Gasteiger partial charge in [0.1, 0.15) is 11.5 Å². The molecule has 4 aromatic rings. The number of phenolic OH excluding ortho intramolecular Hbond substituents is 2. The molecule has 1 atom stereocenters. The number of hydrazine groups is 1. The molecule has 4 rings (SSSR count). The number of phenols is 2. The minimum Gasteiger partial charge on any atom is -0.508 e. The third-order valence-electron chi connectivity index (χ3n) is 5.75. The van der Waals surface area contributed by atoms with Gasteiger partial charge in [-0.15, -0.1) is 0 Å². The van der Waals surface area contributed by atoms with Crippen molar-refractivity contribution in [3.8, 4) is 11.5 Å². The van der Waals surface area contributed by atoms with Gasteiger partial charge in [-0.05, 0) is 79.2 Å². The molecule has 0 saturated heterocycles. The van der Waals surface area contributed by atoms with Crippen molar-refractivity contribution in [3.05, 3.63) is 96.1 Å². The summed E-state index contributed by atoms with van der Waals surface area (Å²) < 4.78 is 31.4. The van der Waals surface area contributed by atoms with Crippen LogP contribution in [0.5, 0.6) is 11.5 Å². The molecule has 202 valence electrons. The van der Waals surface area contributed by atoms with Crippen molar-refractivity contribution in [1.82, 2.24) is 0 Å². The molecule has 1 unspecified atom stereocenters. The average Bonchev–Trinajstić information content (AvgIpc) is 2.88. The first-order chi connectivity index (χ1) is 18.5. The lowest BCUT2D eigenvalue weighted by Crippen LogP contribution is -2.24. The van der Waals surface area contributed by atoms with Crippen LogP contribution in [0.25, 0.3) is 0 Å². The highest BCUT2D eigenvalue weighted by Crippen LogP contribution is 2.31. The molecule has 0 amide bonds. The SMILES string of the molecule is Cc1cc(NC(O)c2ccc(NN(C)c3ccc(O)cc3O)cc2)ccc1N=Nc1ccc(S(=O)(=O)O)cc1. The van der Waals surface area contributed by atoms with Crippen LogP contribution in [0.3, 0.4) is 0 Å². The molecule has 0 aliphatic rings. The maximum atomic E-state index is 11.1. The van der Waals surface area contributed by atoms with E-state index in [9.17, 15) is 23.7 Å². The van der Waals surface area contributed by atoms with Gasteiger partial charge in [-0.1, -0.05) is 12.1 Å². The number of nitrogens with zero attached hydrogens (tertiary/aromatic N) is 3. The van der Waals surface area contributed by atoms with E-state index in [0.717, 1.165) is 11.3 Å². The van der Waals surface area contributed by atoms with Crippen LogP contribution >= 0.6 is 0 Å². The minimum absolute atomic E-state index is 0.0314. The van der Waals surface area contributed by atoms with Crippen LogP contribution in [0.4, 0.5) is 28.4 Å². The second-order valence-corrected chi connectivity index (χ2v) is 10.1. The Kier molecular flexibility index (Phi) is 8.00. The summed E-state index contributed by atoms with van der Waals surface area (Å²) >= 11 is 0. The Morgan fingerprint density at radius 1 is 0.846 bits per heavy atom. The molecule has 11 nitrogen and oxygen atoms in total. The summed E-state index contributed by atoms with van der Waals surface area (Å²) in [7, 11) is -2.54. The summed E-state index contributed by atoms with van der Waals surface area (Å²) in [6.07, 6.45) is -0.980. The number of anilines is 3. The summed E-state index contributed by atoms with van der Waals surface area (Å²) in [6.45, 7) is 1.84. The third kappa shape index (κ3) is 7.02. The molecule has 0 radical (unpaired) electrons. The lowest BCUT2D eigenvalue weighted by Gasteiger charge is -2.23. The zero-order chi connectivity index (χ0) is 28.2. The van der Waals surface area contributed by atoms with E-state index in [-0.39, 0.29) is 16.4 Å².